The zero-order chi connectivity index (χ0) is 19.7. The molecule has 27 heavy (non-hydrogen) atoms. The Labute approximate surface area is 159 Å². The Morgan fingerprint density at radius 2 is 2.15 bits per heavy atom. The van der Waals surface area contributed by atoms with Crippen molar-refractivity contribution in [3.05, 3.63) is 42.5 Å². The van der Waals surface area contributed by atoms with Gasteiger partial charge in [0.2, 0.25) is 5.91 Å². The van der Waals surface area contributed by atoms with Crippen molar-refractivity contribution in [1.29, 1.82) is 0 Å². The fourth-order valence-electron chi connectivity index (χ4n) is 4.71. The van der Waals surface area contributed by atoms with Gasteiger partial charge in [0.1, 0.15) is 11.9 Å². The average molecular weight is 373 g/mol. The van der Waals surface area contributed by atoms with E-state index in [0.717, 1.165) is 5.56 Å². The fraction of sp³-hybridized carbons (Fsp3) is 0.524. The van der Waals surface area contributed by atoms with E-state index < -0.39 is 11.0 Å². The normalized spacial score (nSPS) is 30.2. The van der Waals surface area contributed by atoms with Gasteiger partial charge in [0, 0.05) is 18.9 Å². The molecule has 6 nitrogen and oxygen atoms in total. The molecule has 1 N–H and O–H groups in total. The molecule has 3 atom stereocenters. The van der Waals surface area contributed by atoms with Gasteiger partial charge in [0.15, 0.2) is 0 Å². The van der Waals surface area contributed by atoms with Crippen LogP contribution in [-0.2, 0) is 19.7 Å². The van der Waals surface area contributed by atoms with Gasteiger partial charge in [-0.05, 0) is 49.5 Å². The van der Waals surface area contributed by atoms with E-state index in [0.29, 0.717) is 38.0 Å². The Morgan fingerprint density at radius 1 is 1.37 bits per heavy atom. The van der Waals surface area contributed by atoms with Crippen LogP contribution >= 0.6 is 0 Å². The third-order valence-electron chi connectivity index (χ3n) is 6.05. The first-order valence-electron chi connectivity index (χ1n) is 9.29. The van der Waals surface area contributed by atoms with Gasteiger partial charge in [0.05, 0.1) is 19.3 Å². The number of nitrogens with zero attached hydrogens (tertiary/aromatic N) is 1. The van der Waals surface area contributed by atoms with E-state index >= 15 is 0 Å². The second kappa shape index (κ2) is 7.35. The smallest absolute Gasteiger partial charge is 0.302 e. The van der Waals surface area contributed by atoms with Gasteiger partial charge >= 0.3 is 5.97 Å². The third-order valence-corrected chi connectivity index (χ3v) is 6.05. The summed E-state index contributed by atoms with van der Waals surface area (Å²) in [4.78, 5) is 25.3. The summed E-state index contributed by atoms with van der Waals surface area (Å²) in [6.07, 6.45) is 3.14. The van der Waals surface area contributed by atoms with E-state index in [9.17, 15) is 14.7 Å². The maximum atomic E-state index is 12.1. The van der Waals surface area contributed by atoms with Crippen LogP contribution < -0.4 is 4.74 Å². The molecule has 0 bridgehead atoms. The summed E-state index contributed by atoms with van der Waals surface area (Å²) in [5.41, 5.74) is -0.767. The third kappa shape index (κ3) is 3.46. The second-order valence-electron chi connectivity index (χ2n) is 7.53. The molecule has 3 rings (SSSR count). The summed E-state index contributed by atoms with van der Waals surface area (Å²) < 4.78 is 10.9. The van der Waals surface area contributed by atoms with Crippen molar-refractivity contribution in [3.8, 4) is 5.75 Å². The number of carbonyl (C=O) groups is 2. The number of likely N-dealkylation sites (tertiary alicyclic amines) is 1. The van der Waals surface area contributed by atoms with Gasteiger partial charge in [-0.1, -0.05) is 18.7 Å². The highest BCUT2D eigenvalue weighted by Crippen LogP contribution is 2.52. The molecule has 1 saturated carbocycles. The molecule has 1 unspecified atom stereocenters. The van der Waals surface area contributed by atoms with Crippen molar-refractivity contribution in [2.75, 3.05) is 20.2 Å². The molecule has 1 aliphatic heterocycles. The molecule has 0 aromatic heterocycles. The minimum atomic E-state index is -1.10. The number of fused-ring (bicyclic) bond motifs is 1. The highest BCUT2D eigenvalue weighted by Gasteiger charge is 2.58. The van der Waals surface area contributed by atoms with Crippen LogP contribution in [0.25, 0.3) is 0 Å². The van der Waals surface area contributed by atoms with Crippen molar-refractivity contribution in [2.24, 2.45) is 0 Å². The molecule has 2 fully saturated rings. The molecular formula is C21H27NO5. The lowest BCUT2D eigenvalue weighted by Gasteiger charge is -2.57. The van der Waals surface area contributed by atoms with Crippen molar-refractivity contribution < 1.29 is 24.2 Å². The lowest BCUT2D eigenvalue weighted by atomic mass is 9.55. The van der Waals surface area contributed by atoms with Crippen LogP contribution in [0, 0.1) is 0 Å². The average Bonchev–Trinajstić information content (AvgIpc) is 2.66. The molecule has 0 spiro atoms. The number of rotatable bonds is 4. The number of amides is 1. The molecule has 1 amide bonds. The first kappa shape index (κ1) is 19.4. The van der Waals surface area contributed by atoms with Gasteiger partial charge in [-0.15, -0.1) is 0 Å². The molecule has 2 aliphatic rings. The van der Waals surface area contributed by atoms with E-state index in [4.69, 9.17) is 9.47 Å². The monoisotopic (exact) mass is 373 g/mol. The van der Waals surface area contributed by atoms with E-state index in [1.807, 2.05) is 24.3 Å². The Balaban J connectivity index is 2.02. The second-order valence-corrected chi connectivity index (χ2v) is 7.53. The number of ether oxygens (including phenoxy) is 2. The summed E-state index contributed by atoms with van der Waals surface area (Å²) in [7, 11) is 1.61. The zero-order valence-electron chi connectivity index (χ0n) is 15.9. The molecule has 6 heteroatoms. The van der Waals surface area contributed by atoms with Crippen molar-refractivity contribution in [1.82, 2.24) is 4.90 Å². The Kier molecular flexibility index (Phi) is 5.29. The standard InChI is InChI=1S/C21H27NO5/c1-4-19(24)22-11-10-20(16-6-5-7-17(12-16)26-3)13-18(27-15(2)23)8-9-21(20,25)14-22/h4-7,12,18,25H,1,8-11,13-14H2,2-3H3/t18?,20-,21-/m1/s1. The minimum Gasteiger partial charge on any atom is -0.497 e. The topological polar surface area (TPSA) is 76.1 Å². The van der Waals surface area contributed by atoms with Crippen LogP contribution in [0.5, 0.6) is 5.75 Å². The van der Waals surface area contributed by atoms with Gasteiger partial charge in [-0.2, -0.15) is 0 Å². The lowest BCUT2D eigenvalue weighted by Crippen LogP contribution is -2.66. The number of aliphatic hydroxyl groups is 1. The molecule has 1 heterocycles. The van der Waals surface area contributed by atoms with E-state index in [-0.39, 0.29) is 24.5 Å². The molecule has 1 aromatic rings. The van der Waals surface area contributed by atoms with Gasteiger partial charge < -0.3 is 19.5 Å². The molecule has 1 aliphatic carbocycles. The largest absolute Gasteiger partial charge is 0.497 e. The van der Waals surface area contributed by atoms with Crippen molar-refractivity contribution in [3.63, 3.8) is 0 Å². The summed E-state index contributed by atoms with van der Waals surface area (Å²) in [6.45, 7) is 5.71. The Morgan fingerprint density at radius 3 is 2.81 bits per heavy atom. The first-order valence-corrected chi connectivity index (χ1v) is 9.29. The zero-order valence-corrected chi connectivity index (χ0v) is 15.9. The number of piperidine rings is 1. The highest BCUT2D eigenvalue weighted by atomic mass is 16.5. The van der Waals surface area contributed by atoms with Gasteiger partial charge in [-0.3, -0.25) is 9.59 Å². The summed E-state index contributed by atoms with van der Waals surface area (Å²) in [6, 6.07) is 7.68. The van der Waals surface area contributed by atoms with Crippen LogP contribution in [-0.4, -0.2) is 53.8 Å². The number of β-amino-alcohol motifs (C(OH)–C–C–N with tert-alkyl or cyclic N) is 1. The van der Waals surface area contributed by atoms with Crippen LogP contribution in [0.2, 0.25) is 0 Å². The minimum absolute atomic E-state index is 0.176. The molecule has 0 radical (unpaired) electrons. The number of hydrogen-bond acceptors (Lipinski definition) is 5. The van der Waals surface area contributed by atoms with Crippen LogP contribution in [0.1, 0.15) is 38.2 Å². The molecule has 1 aromatic carbocycles. The van der Waals surface area contributed by atoms with Crippen LogP contribution in [0.15, 0.2) is 36.9 Å². The fourth-order valence-corrected chi connectivity index (χ4v) is 4.71. The molecular weight excluding hydrogens is 346 g/mol. The quantitative estimate of drug-likeness (QED) is 0.647. The summed E-state index contributed by atoms with van der Waals surface area (Å²) in [5, 5.41) is 11.7. The van der Waals surface area contributed by atoms with Crippen LogP contribution in [0.3, 0.4) is 0 Å². The predicted molar refractivity (Wildman–Crippen MR) is 100 cm³/mol. The van der Waals surface area contributed by atoms with E-state index in [1.54, 1.807) is 12.0 Å². The van der Waals surface area contributed by atoms with Gasteiger partial charge in [0.25, 0.3) is 0 Å². The SMILES string of the molecule is C=CC(=O)N1CC[C@]2(c3cccc(OC)c3)CC(OC(C)=O)CC[C@@]2(O)C1. The number of hydrogen-bond donors (Lipinski definition) is 1. The summed E-state index contributed by atoms with van der Waals surface area (Å²) in [5.74, 6) is 0.221. The van der Waals surface area contributed by atoms with E-state index in [2.05, 4.69) is 6.58 Å². The van der Waals surface area contributed by atoms with Gasteiger partial charge in [-0.25, -0.2) is 0 Å². The molecule has 146 valence electrons. The van der Waals surface area contributed by atoms with E-state index in [1.165, 1.54) is 13.0 Å². The first-order chi connectivity index (χ1) is 12.8. The molecule has 1 saturated heterocycles. The lowest BCUT2D eigenvalue weighted by molar-refractivity contribution is -0.170. The number of benzene rings is 1. The Bertz CT molecular complexity index is 748. The number of esters is 1. The highest BCUT2D eigenvalue weighted by molar-refractivity contribution is 5.87. The maximum absolute atomic E-state index is 12.1. The van der Waals surface area contributed by atoms with Crippen molar-refractivity contribution in [2.45, 2.75) is 49.7 Å². The number of methoxy groups -OCH3 is 1. The predicted octanol–water partition coefficient (Wildman–Crippen LogP) is 2.20. The maximum Gasteiger partial charge on any atom is 0.302 e. The van der Waals surface area contributed by atoms with Crippen molar-refractivity contribution >= 4 is 11.9 Å². The number of carbonyl (C=O) groups excluding carboxylic acids is 2. The summed E-state index contributed by atoms with van der Waals surface area (Å²) >= 11 is 0. The van der Waals surface area contributed by atoms with Crippen LogP contribution in [0.4, 0.5) is 0 Å². The Hall–Kier alpha value is -2.34.